The number of rotatable bonds is 5. The van der Waals surface area contributed by atoms with Crippen LogP contribution in [0, 0.1) is 5.92 Å². The predicted octanol–water partition coefficient (Wildman–Crippen LogP) is 3.66. The number of hydrogen-bond donors (Lipinski definition) is 2. The molecule has 1 atom stereocenters. The van der Waals surface area contributed by atoms with E-state index in [9.17, 15) is 9.59 Å². The standard InChI is InChI=1S/C27H27N7O4/c1-15-8-20-21(13-34(15)26(35)18-11-28-12-18)29-14-30-25(20)37-19-4-5-22-17(9-19)6-7-33(22)27(36)31-24-10-23(38-32-24)16-2-3-16/h4-7,9-10,14-16,18,28H,2-3,8,11-13H2,1H3,(H,31,32,36). The molecule has 2 amide bonds. The van der Waals surface area contributed by atoms with Crippen LogP contribution < -0.4 is 15.4 Å². The van der Waals surface area contributed by atoms with Crippen LogP contribution in [0.3, 0.4) is 0 Å². The molecule has 0 spiro atoms. The molecule has 3 aromatic heterocycles. The van der Waals surface area contributed by atoms with Crippen molar-refractivity contribution in [2.45, 2.75) is 44.7 Å². The van der Waals surface area contributed by atoms with E-state index in [-0.39, 0.29) is 23.9 Å². The van der Waals surface area contributed by atoms with Gasteiger partial charge in [0.2, 0.25) is 11.8 Å². The van der Waals surface area contributed by atoms with E-state index < -0.39 is 0 Å². The maximum Gasteiger partial charge on any atom is 0.331 e. The SMILES string of the molecule is CC1Cc2c(ncnc2Oc2ccc3c(ccn3C(=O)Nc3cc(C4CC4)on3)c2)CN1C(=O)C1CNC1. The van der Waals surface area contributed by atoms with Gasteiger partial charge in [-0.2, -0.15) is 0 Å². The summed E-state index contributed by atoms with van der Waals surface area (Å²) in [4.78, 5) is 36.5. The lowest BCUT2D eigenvalue weighted by Gasteiger charge is -2.39. The summed E-state index contributed by atoms with van der Waals surface area (Å²) in [5.41, 5.74) is 2.47. The minimum atomic E-state index is -0.319. The van der Waals surface area contributed by atoms with Gasteiger partial charge in [0.05, 0.1) is 23.7 Å². The van der Waals surface area contributed by atoms with Gasteiger partial charge in [-0.25, -0.2) is 14.8 Å². The average Bonchev–Trinajstić information content (AvgIpc) is 3.47. The van der Waals surface area contributed by atoms with Crippen molar-refractivity contribution in [3.8, 4) is 11.6 Å². The van der Waals surface area contributed by atoms with Crippen LogP contribution in [0.2, 0.25) is 0 Å². The van der Waals surface area contributed by atoms with E-state index in [1.807, 2.05) is 29.2 Å². The maximum absolute atomic E-state index is 12.9. The molecule has 5 heterocycles. The number of benzene rings is 1. The smallest absolute Gasteiger partial charge is 0.331 e. The number of anilines is 1. The Morgan fingerprint density at radius 1 is 1.16 bits per heavy atom. The van der Waals surface area contributed by atoms with Gasteiger partial charge in [-0.15, -0.1) is 0 Å². The van der Waals surface area contributed by atoms with Crippen LogP contribution in [0.15, 0.2) is 47.4 Å². The minimum Gasteiger partial charge on any atom is -0.439 e. The first-order valence-electron chi connectivity index (χ1n) is 12.9. The number of hydrogen-bond acceptors (Lipinski definition) is 8. The van der Waals surface area contributed by atoms with Gasteiger partial charge in [-0.05, 0) is 50.5 Å². The number of carbonyl (C=O) groups is 2. The molecule has 38 heavy (non-hydrogen) atoms. The fourth-order valence-corrected chi connectivity index (χ4v) is 5.13. The molecular formula is C27H27N7O4. The number of fused-ring (bicyclic) bond motifs is 2. The zero-order valence-corrected chi connectivity index (χ0v) is 20.9. The summed E-state index contributed by atoms with van der Waals surface area (Å²) in [5, 5.41) is 10.8. The summed E-state index contributed by atoms with van der Waals surface area (Å²) >= 11 is 0. The minimum absolute atomic E-state index is 0.0315. The van der Waals surface area contributed by atoms with Crippen molar-refractivity contribution in [2.75, 3.05) is 18.4 Å². The monoisotopic (exact) mass is 513 g/mol. The molecule has 7 rings (SSSR count). The summed E-state index contributed by atoms with van der Waals surface area (Å²) < 4.78 is 13.1. The number of nitrogens with zero attached hydrogens (tertiary/aromatic N) is 5. The number of aromatic nitrogens is 4. The molecule has 1 saturated carbocycles. The quantitative estimate of drug-likeness (QED) is 0.414. The van der Waals surface area contributed by atoms with Gasteiger partial charge < -0.3 is 19.5 Å². The highest BCUT2D eigenvalue weighted by molar-refractivity contribution is 5.98. The lowest BCUT2D eigenvalue weighted by molar-refractivity contribution is -0.140. The van der Waals surface area contributed by atoms with E-state index in [1.165, 1.54) is 10.9 Å². The third-order valence-electron chi connectivity index (χ3n) is 7.60. The molecule has 2 N–H and O–H groups in total. The normalized spacial score (nSPS) is 19.2. The maximum atomic E-state index is 12.9. The highest BCUT2D eigenvalue weighted by Crippen LogP contribution is 2.40. The zero-order chi connectivity index (χ0) is 25.8. The molecular weight excluding hydrogens is 486 g/mol. The van der Waals surface area contributed by atoms with Crippen LogP contribution in [0.5, 0.6) is 11.6 Å². The molecule has 2 fully saturated rings. The Balaban J connectivity index is 1.08. The number of amides is 2. The summed E-state index contributed by atoms with van der Waals surface area (Å²) in [7, 11) is 0. The van der Waals surface area contributed by atoms with Crippen molar-refractivity contribution in [3.05, 3.63) is 59.9 Å². The van der Waals surface area contributed by atoms with Crippen LogP contribution in [0.1, 0.15) is 42.7 Å². The lowest BCUT2D eigenvalue weighted by Crippen LogP contribution is -2.55. The van der Waals surface area contributed by atoms with Crippen molar-refractivity contribution in [1.82, 2.24) is 29.9 Å². The van der Waals surface area contributed by atoms with Crippen LogP contribution in [0.25, 0.3) is 10.9 Å². The first-order chi connectivity index (χ1) is 18.5. The highest BCUT2D eigenvalue weighted by atomic mass is 16.5. The van der Waals surface area contributed by atoms with Crippen LogP contribution >= 0.6 is 0 Å². The predicted molar refractivity (Wildman–Crippen MR) is 137 cm³/mol. The number of ether oxygens (including phenoxy) is 1. The Bertz CT molecular complexity index is 1550. The van der Waals surface area contributed by atoms with E-state index >= 15 is 0 Å². The molecule has 1 saturated heterocycles. The van der Waals surface area contributed by atoms with Crippen LogP contribution in [0.4, 0.5) is 10.6 Å². The van der Waals surface area contributed by atoms with Gasteiger partial charge in [0.25, 0.3) is 0 Å². The summed E-state index contributed by atoms with van der Waals surface area (Å²) in [6.07, 6.45) is 6.02. The van der Waals surface area contributed by atoms with Gasteiger partial charge in [-0.1, -0.05) is 5.16 Å². The molecule has 11 heteroatoms. The Kier molecular flexibility index (Phi) is 5.39. The summed E-state index contributed by atoms with van der Waals surface area (Å²) in [6.45, 7) is 3.98. The van der Waals surface area contributed by atoms with Crippen LogP contribution in [-0.2, 0) is 17.8 Å². The van der Waals surface area contributed by atoms with Gasteiger partial charge in [0.1, 0.15) is 17.8 Å². The fraction of sp³-hybridized carbons (Fsp3) is 0.370. The van der Waals surface area contributed by atoms with Gasteiger partial charge in [-0.3, -0.25) is 14.7 Å². The number of nitrogens with one attached hydrogen (secondary N) is 2. The number of carbonyl (C=O) groups excluding carboxylic acids is 2. The van der Waals surface area contributed by atoms with Gasteiger partial charge >= 0.3 is 6.03 Å². The summed E-state index contributed by atoms with van der Waals surface area (Å²) in [6, 6.07) is 8.89. The van der Waals surface area contributed by atoms with Crippen molar-refractivity contribution >= 4 is 28.7 Å². The highest BCUT2D eigenvalue weighted by Gasteiger charge is 2.36. The Morgan fingerprint density at radius 3 is 2.82 bits per heavy atom. The first kappa shape index (κ1) is 22.9. The van der Waals surface area contributed by atoms with Crippen molar-refractivity contribution in [3.63, 3.8) is 0 Å². The molecule has 3 aliphatic rings. The zero-order valence-electron chi connectivity index (χ0n) is 20.9. The van der Waals surface area contributed by atoms with E-state index in [0.29, 0.717) is 36.3 Å². The molecule has 0 bridgehead atoms. The topological polar surface area (TPSA) is 127 Å². The fourth-order valence-electron chi connectivity index (χ4n) is 5.13. The molecule has 194 valence electrons. The molecule has 1 unspecified atom stereocenters. The van der Waals surface area contributed by atoms with E-state index in [2.05, 4.69) is 32.7 Å². The second-order valence-electron chi connectivity index (χ2n) is 10.3. The van der Waals surface area contributed by atoms with Crippen molar-refractivity contribution in [2.24, 2.45) is 5.92 Å². The molecule has 2 aliphatic heterocycles. The molecule has 1 aliphatic carbocycles. The summed E-state index contributed by atoms with van der Waals surface area (Å²) in [5.74, 6) is 2.97. The van der Waals surface area contributed by atoms with E-state index in [0.717, 1.165) is 53.9 Å². The molecule has 4 aromatic rings. The van der Waals surface area contributed by atoms with E-state index in [4.69, 9.17) is 9.26 Å². The Hall–Kier alpha value is -4.25. The Morgan fingerprint density at radius 2 is 2.03 bits per heavy atom. The third kappa shape index (κ3) is 4.08. The molecule has 11 nitrogen and oxygen atoms in total. The van der Waals surface area contributed by atoms with Crippen molar-refractivity contribution in [1.29, 1.82) is 0 Å². The second kappa shape index (κ2) is 8.95. The molecule has 0 radical (unpaired) electrons. The van der Waals surface area contributed by atoms with Crippen LogP contribution in [-0.4, -0.2) is 55.7 Å². The first-order valence-corrected chi connectivity index (χ1v) is 12.9. The second-order valence-corrected chi connectivity index (χ2v) is 10.3. The van der Waals surface area contributed by atoms with Gasteiger partial charge in [0.15, 0.2) is 5.82 Å². The van der Waals surface area contributed by atoms with Gasteiger partial charge in [0, 0.05) is 48.3 Å². The average molecular weight is 514 g/mol. The molecule has 1 aromatic carbocycles. The van der Waals surface area contributed by atoms with E-state index in [1.54, 1.807) is 12.3 Å². The Labute approximate surface area is 218 Å². The largest absolute Gasteiger partial charge is 0.439 e. The lowest BCUT2D eigenvalue weighted by atomic mass is 9.95. The van der Waals surface area contributed by atoms with Crippen molar-refractivity contribution < 1.29 is 18.8 Å². The third-order valence-corrected chi connectivity index (χ3v) is 7.60.